The number of terminal acetylenes is 1. The summed E-state index contributed by atoms with van der Waals surface area (Å²) in [7, 11) is 0. The highest BCUT2D eigenvalue weighted by molar-refractivity contribution is 6.19. The second-order valence-electron chi connectivity index (χ2n) is 2.88. The maximum Gasteiger partial charge on any atom is 0.225 e. The Labute approximate surface area is 81.1 Å². The van der Waals surface area contributed by atoms with Crippen LogP contribution in [0.5, 0.6) is 0 Å². The molecule has 0 radical (unpaired) electrons. The monoisotopic (exact) mass is 191 g/mol. The van der Waals surface area contributed by atoms with Crippen molar-refractivity contribution in [2.75, 3.05) is 0 Å². The van der Waals surface area contributed by atoms with Crippen LogP contribution in [0.15, 0.2) is 23.5 Å². The number of hydrogen-bond acceptors (Lipinski definition) is 4. The molecule has 0 saturated heterocycles. The second kappa shape index (κ2) is 3.90. The molecule has 4 nitrogen and oxygen atoms in total. The Morgan fingerprint density at radius 1 is 1.50 bits per heavy atom. The fourth-order valence-electron chi connectivity index (χ4n) is 1.12. The number of allylic oxidation sites excluding steroid dienone is 3. The molecule has 0 bridgehead atoms. The lowest BCUT2D eigenvalue weighted by Gasteiger charge is -2.14. The first-order valence-corrected chi connectivity index (χ1v) is 3.96. The predicted molar refractivity (Wildman–Crippen MR) is 50.2 cm³/mol. The summed E-state index contributed by atoms with van der Waals surface area (Å²) in [5.74, 6) is 0.615. The third kappa shape index (κ3) is 1.90. The zero-order valence-corrected chi connectivity index (χ0v) is 7.36. The Hall–Kier alpha value is -1.86. The normalized spacial score (nSPS) is 18.3. The Bertz CT molecular complexity index is 385. The van der Waals surface area contributed by atoms with Crippen molar-refractivity contribution in [1.82, 2.24) is 0 Å². The van der Waals surface area contributed by atoms with Crippen molar-refractivity contribution in [2.24, 2.45) is 5.73 Å². The molecule has 0 aromatic heterocycles. The predicted octanol–water partition coefficient (Wildman–Crippen LogP) is -0.143. The van der Waals surface area contributed by atoms with E-state index >= 15 is 0 Å². The molecule has 72 valence electrons. The van der Waals surface area contributed by atoms with Crippen molar-refractivity contribution < 1.29 is 14.7 Å². The number of aliphatic hydroxyl groups is 1. The van der Waals surface area contributed by atoms with Gasteiger partial charge in [0.15, 0.2) is 11.5 Å². The molecule has 3 N–H and O–H groups in total. The highest BCUT2D eigenvalue weighted by atomic mass is 16.3. The highest BCUT2D eigenvalue weighted by Gasteiger charge is 2.24. The molecule has 0 heterocycles. The standard InChI is InChI=1S/C10H9NO3/c1-2-3-8(11)7-4-6(12)5-9(13)10(7)14/h1,4-5,8,13H,3,11H2/t8-/m0/s1. The number of carbonyl (C=O) groups is 2. The molecule has 4 heteroatoms. The van der Waals surface area contributed by atoms with Gasteiger partial charge in [0.05, 0.1) is 0 Å². The first kappa shape index (κ1) is 10.2. The van der Waals surface area contributed by atoms with Crippen molar-refractivity contribution in [3.05, 3.63) is 23.5 Å². The van der Waals surface area contributed by atoms with E-state index in [1.807, 2.05) is 0 Å². The molecule has 1 aliphatic rings. The van der Waals surface area contributed by atoms with Crippen LogP contribution in [0, 0.1) is 12.3 Å². The van der Waals surface area contributed by atoms with Crippen molar-refractivity contribution in [1.29, 1.82) is 0 Å². The van der Waals surface area contributed by atoms with Crippen LogP contribution in [-0.2, 0) is 9.59 Å². The Morgan fingerprint density at radius 3 is 2.71 bits per heavy atom. The molecule has 0 spiro atoms. The van der Waals surface area contributed by atoms with Gasteiger partial charge in [0.1, 0.15) is 0 Å². The second-order valence-corrected chi connectivity index (χ2v) is 2.88. The molecule has 0 aromatic carbocycles. The number of ketones is 2. The van der Waals surface area contributed by atoms with Gasteiger partial charge >= 0.3 is 0 Å². The number of Topliss-reactive ketones (excluding diaryl/α,β-unsaturated/α-hetero) is 1. The molecule has 0 aliphatic heterocycles. The minimum absolute atomic E-state index is 0.0629. The van der Waals surface area contributed by atoms with Crippen molar-refractivity contribution in [2.45, 2.75) is 12.5 Å². The van der Waals surface area contributed by atoms with Crippen molar-refractivity contribution in [3.8, 4) is 12.3 Å². The van der Waals surface area contributed by atoms with E-state index in [9.17, 15) is 9.59 Å². The summed E-state index contributed by atoms with van der Waals surface area (Å²) in [5, 5.41) is 9.08. The van der Waals surface area contributed by atoms with E-state index in [1.54, 1.807) is 0 Å². The molecule has 0 saturated carbocycles. The topological polar surface area (TPSA) is 80.4 Å². The fourth-order valence-corrected chi connectivity index (χ4v) is 1.12. The van der Waals surface area contributed by atoms with Gasteiger partial charge in [-0.2, -0.15) is 0 Å². The number of carbonyl (C=O) groups excluding carboxylic acids is 2. The molecule has 0 unspecified atom stereocenters. The summed E-state index contributed by atoms with van der Waals surface area (Å²) in [4.78, 5) is 22.3. The Morgan fingerprint density at radius 2 is 2.14 bits per heavy atom. The average Bonchev–Trinajstić information content (AvgIpc) is 2.11. The number of aliphatic hydroxyl groups excluding tert-OH is 1. The van der Waals surface area contributed by atoms with Crippen LogP contribution in [-0.4, -0.2) is 22.7 Å². The van der Waals surface area contributed by atoms with E-state index in [1.165, 1.54) is 0 Å². The van der Waals surface area contributed by atoms with Crippen LogP contribution in [0.1, 0.15) is 6.42 Å². The van der Waals surface area contributed by atoms with Gasteiger partial charge in [-0.3, -0.25) is 9.59 Å². The van der Waals surface area contributed by atoms with Crippen LogP contribution >= 0.6 is 0 Å². The third-order valence-electron chi connectivity index (χ3n) is 1.81. The van der Waals surface area contributed by atoms with Gasteiger partial charge in [0.2, 0.25) is 5.78 Å². The van der Waals surface area contributed by atoms with Crippen LogP contribution in [0.4, 0.5) is 0 Å². The molecule has 1 atom stereocenters. The van der Waals surface area contributed by atoms with E-state index in [-0.39, 0.29) is 12.0 Å². The van der Waals surface area contributed by atoms with Crippen molar-refractivity contribution >= 4 is 11.6 Å². The van der Waals surface area contributed by atoms with Crippen LogP contribution < -0.4 is 5.73 Å². The average molecular weight is 191 g/mol. The van der Waals surface area contributed by atoms with E-state index in [0.717, 1.165) is 12.2 Å². The maximum absolute atomic E-state index is 11.3. The summed E-state index contributed by atoms with van der Waals surface area (Å²) in [5.41, 5.74) is 5.61. The van der Waals surface area contributed by atoms with Crippen LogP contribution in [0.3, 0.4) is 0 Å². The third-order valence-corrected chi connectivity index (χ3v) is 1.81. The highest BCUT2D eigenvalue weighted by Crippen LogP contribution is 2.14. The van der Waals surface area contributed by atoms with E-state index in [2.05, 4.69) is 5.92 Å². The first-order chi connectivity index (χ1) is 6.56. The van der Waals surface area contributed by atoms with Gasteiger partial charge in [-0.15, -0.1) is 12.3 Å². The zero-order chi connectivity index (χ0) is 10.7. The van der Waals surface area contributed by atoms with Gasteiger partial charge in [0.25, 0.3) is 0 Å². The van der Waals surface area contributed by atoms with Gasteiger partial charge in [-0.25, -0.2) is 0 Å². The number of rotatable bonds is 2. The summed E-state index contributed by atoms with van der Waals surface area (Å²) in [6, 6.07) is -0.702. The van der Waals surface area contributed by atoms with Crippen LogP contribution in [0.25, 0.3) is 0 Å². The minimum Gasteiger partial charge on any atom is -0.504 e. The number of nitrogens with two attached hydrogens (primary N) is 1. The minimum atomic E-state index is -0.702. The molecule has 14 heavy (non-hydrogen) atoms. The van der Waals surface area contributed by atoms with Gasteiger partial charge in [-0.05, 0) is 6.08 Å². The summed E-state index contributed by atoms with van der Waals surface area (Å²) in [6.07, 6.45) is 7.13. The Balaban J connectivity index is 2.95. The van der Waals surface area contributed by atoms with E-state index < -0.39 is 23.4 Å². The largest absolute Gasteiger partial charge is 0.504 e. The summed E-state index contributed by atoms with van der Waals surface area (Å²) >= 11 is 0. The smallest absolute Gasteiger partial charge is 0.225 e. The molecular formula is C10H9NO3. The lowest BCUT2D eigenvalue weighted by atomic mass is 9.94. The lowest BCUT2D eigenvalue weighted by molar-refractivity contribution is -0.117. The van der Waals surface area contributed by atoms with Crippen molar-refractivity contribution in [3.63, 3.8) is 0 Å². The molecule has 0 amide bonds. The molecular weight excluding hydrogens is 182 g/mol. The molecule has 0 aromatic rings. The fraction of sp³-hybridized carbons (Fsp3) is 0.200. The zero-order valence-electron chi connectivity index (χ0n) is 7.36. The number of hydrogen-bond donors (Lipinski definition) is 2. The molecule has 0 fully saturated rings. The molecule has 1 rings (SSSR count). The first-order valence-electron chi connectivity index (χ1n) is 3.96. The summed E-state index contributed by atoms with van der Waals surface area (Å²) < 4.78 is 0. The maximum atomic E-state index is 11.3. The van der Waals surface area contributed by atoms with E-state index in [0.29, 0.717) is 0 Å². The van der Waals surface area contributed by atoms with Gasteiger partial charge in [0, 0.05) is 24.1 Å². The van der Waals surface area contributed by atoms with Gasteiger partial charge < -0.3 is 10.8 Å². The lowest BCUT2D eigenvalue weighted by Crippen LogP contribution is -2.30. The quantitative estimate of drug-likeness (QED) is 0.470. The van der Waals surface area contributed by atoms with E-state index in [4.69, 9.17) is 17.3 Å². The van der Waals surface area contributed by atoms with Crippen LogP contribution in [0.2, 0.25) is 0 Å². The van der Waals surface area contributed by atoms with Gasteiger partial charge in [-0.1, -0.05) is 0 Å². The summed E-state index contributed by atoms with van der Waals surface area (Å²) in [6.45, 7) is 0. The SMILES string of the molecule is C#CC[C@H](N)C1=CC(=O)C=C(O)C1=O. The Kier molecular flexibility index (Phi) is 2.85. The molecule has 1 aliphatic carbocycles.